The zero-order valence-corrected chi connectivity index (χ0v) is 13.3. The van der Waals surface area contributed by atoms with Gasteiger partial charge in [0.05, 0.1) is 19.6 Å². The Morgan fingerprint density at radius 3 is 2.09 bits per heavy atom. The molecule has 0 aromatic carbocycles. The van der Waals surface area contributed by atoms with Gasteiger partial charge < -0.3 is 4.74 Å². The minimum Gasteiger partial charge on any atom is -0.460 e. The number of carbonyl (C=O) groups excluding carboxylic acids is 5. The zero-order chi connectivity index (χ0) is 17.5. The predicted octanol–water partition coefficient (Wildman–Crippen LogP) is 1.31. The van der Waals surface area contributed by atoms with Crippen LogP contribution in [0.3, 0.4) is 0 Å². The SMILES string of the molecule is CCC1=CC(C)=NC1.CCOC(=O)C(=O)CC(C)=O.O=C=O. The van der Waals surface area contributed by atoms with Crippen LogP contribution in [0.1, 0.15) is 40.5 Å². The van der Waals surface area contributed by atoms with Crippen LogP contribution in [0, 0.1) is 0 Å². The molecule has 0 spiro atoms. The highest BCUT2D eigenvalue weighted by Crippen LogP contribution is 2.07. The van der Waals surface area contributed by atoms with Crippen molar-refractivity contribution < 1.29 is 28.7 Å². The summed E-state index contributed by atoms with van der Waals surface area (Å²) >= 11 is 0. The van der Waals surface area contributed by atoms with Gasteiger partial charge in [-0.25, -0.2) is 4.79 Å². The second-order valence-electron chi connectivity index (χ2n) is 4.22. The van der Waals surface area contributed by atoms with E-state index in [4.69, 9.17) is 9.59 Å². The summed E-state index contributed by atoms with van der Waals surface area (Å²) in [5.74, 6) is -2.04. The third kappa shape index (κ3) is 12.6. The van der Waals surface area contributed by atoms with Crippen LogP contribution in [-0.4, -0.2) is 42.6 Å². The maximum absolute atomic E-state index is 10.6. The Balaban J connectivity index is 0. The fraction of sp³-hybridized carbons (Fsp3) is 0.533. The Labute approximate surface area is 129 Å². The number of rotatable bonds is 5. The van der Waals surface area contributed by atoms with Crippen molar-refractivity contribution in [3.8, 4) is 0 Å². The molecular weight excluding hydrogens is 290 g/mol. The van der Waals surface area contributed by atoms with E-state index >= 15 is 0 Å². The average molecular weight is 311 g/mol. The van der Waals surface area contributed by atoms with Crippen LogP contribution in [-0.2, 0) is 28.7 Å². The fourth-order valence-corrected chi connectivity index (χ4v) is 1.34. The standard InChI is InChI=1S/C7H11N.C7H10O4.CO2/c1-3-7-4-6(2)8-5-7;1-3-11-7(10)6(9)4-5(2)8;2-1-3/h4H,3,5H2,1-2H3;3-4H2,1-2H3;. The highest BCUT2D eigenvalue weighted by Gasteiger charge is 2.15. The van der Waals surface area contributed by atoms with E-state index in [1.807, 2.05) is 6.92 Å². The Morgan fingerprint density at radius 1 is 1.27 bits per heavy atom. The molecule has 0 aliphatic carbocycles. The van der Waals surface area contributed by atoms with Gasteiger partial charge in [-0.05, 0) is 38.8 Å². The van der Waals surface area contributed by atoms with Gasteiger partial charge in [-0.15, -0.1) is 0 Å². The minimum absolute atomic E-state index is 0.155. The number of hydrogen-bond acceptors (Lipinski definition) is 7. The second-order valence-corrected chi connectivity index (χ2v) is 4.22. The smallest absolute Gasteiger partial charge is 0.375 e. The van der Waals surface area contributed by atoms with Crippen LogP contribution >= 0.6 is 0 Å². The van der Waals surface area contributed by atoms with Crippen molar-refractivity contribution in [1.29, 1.82) is 0 Å². The van der Waals surface area contributed by atoms with E-state index < -0.39 is 11.8 Å². The first kappa shape index (κ1) is 21.9. The van der Waals surface area contributed by atoms with Crippen molar-refractivity contribution in [2.24, 2.45) is 4.99 Å². The van der Waals surface area contributed by atoms with Gasteiger partial charge in [0.2, 0.25) is 5.78 Å². The molecule has 0 saturated carbocycles. The van der Waals surface area contributed by atoms with E-state index in [9.17, 15) is 14.4 Å². The third-order valence-electron chi connectivity index (χ3n) is 2.31. The van der Waals surface area contributed by atoms with Crippen molar-refractivity contribution in [2.75, 3.05) is 13.2 Å². The highest BCUT2D eigenvalue weighted by atomic mass is 16.5. The molecule has 7 heteroatoms. The molecule has 7 nitrogen and oxygen atoms in total. The van der Waals surface area contributed by atoms with Crippen LogP contribution in [0.4, 0.5) is 0 Å². The zero-order valence-electron chi connectivity index (χ0n) is 13.3. The molecule has 0 atom stereocenters. The molecular formula is C15H21NO6. The van der Waals surface area contributed by atoms with Gasteiger partial charge in [0.25, 0.3) is 0 Å². The molecule has 0 aromatic rings. The molecule has 0 unspecified atom stereocenters. The fourth-order valence-electron chi connectivity index (χ4n) is 1.34. The summed E-state index contributed by atoms with van der Waals surface area (Å²) in [7, 11) is 0. The van der Waals surface area contributed by atoms with Gasteiger partial charge in [0.15, 0.2) is 0 Å². The summed E-state index contributed by atoms with van der Waals surface area (Å²) in [4.78, 5) is 52.0. The molecule has 122 valence electrons. The number of hydrogen-bond donors (Lipinski definition) is 0. The van der Waals surface area contributed by atoms with Crippen molar-refractivity contribution in [3.05, 3.63) is 11.6 Å². The number of aliphatic imine (C=N–C) groups is 1. The Morgan fingerprint density at radius 2 is 1.82 bits per heavy atom. The van der Waals surface area contributed by atoms with Gasteiger partial charge in [-0.1, -0.05) is 6.92 Å². The van der Waals surface area contributed by atoms with Crippen LogP contribution in [0.25, 0.3) is 0 Å². The molecule has 1 aliphatic rings. The van der Waals surface area contributed by atoms with E-state index in [0.29, 0.717) is 0 Å². The Kier molecular flexibility index (Phi) is 13.5. The summed E-state index contributed by atoms with van der Waals surface area (Å²) in [6, 6.07) is 0. The molecule has 0 aromatic heterocycles. The number of ether oxygens (including phenoxy) is 1. The van der Waals surface area contributed by atoms with Crippen molar-refractivity contribution in [1.82, 2.24) is 0 Å². The molecule has 0 amide bonds. The van der Waals surface area contributed by atoms with E-state index in [2.05, 4.69) is 22.7 Å². The molecule has 0 fully saturated rings. The van der Waals surface area contributed by atoms with E-state index in [0.717, 1.165) is 13.0 Å². The predicted molar refractivity (Wildman–Crippen MR) is 78.3 cm³/mol. The molecule has 1 heterocycles. The van der Waals surface area contributed by atoms with Crippen molar-refractivity contribution in [2.45, 2.75) is 40.5 Å². The molecule has 22 heavy (non-hydrogen) atoms. The van der Waals surface area contributed by atoms with E-state index in [-0.39, 0.29) is 25.0 Å². The normalized spacial score (nSPS) is 11.5. The lowest BCUT2D eigenvalue weighted by Gasteiger charge is -1.97. The van der Waals surface area contributed by atoms with Gasteiger partial charge in [0.1, 0.15) is 5.78 Å². The first-order valence-electron chi connectivity index (χ1n) is 6.71. The number of carbonyl (C=O) groups is 3. The van der Waals surface area contributed by atoms with Crippen LogP contribution in [0.5, 0.6) is 0 Å². The Bertz CT molecular complexity index is 484. The summed E-state index contributed by atoms with van der Waals surface area (Å²) in [6.07, 6.45) is 3.21. The van der Waals surface area contributed by atoms with Gasteiger partial charge >= 0.3 is 12.1 Å². The van der Waals surface area contributed by atoms with Gasteiger partial charge in [0, 0.05) is 5.71 Å². The first-order valence-corrected chi connectivity index (χ1v) is 6.71. The molecule has 1 rings (SSSR count). The highest BCUT2D eigenvalue weighted by molar-refractivity contribution is 6.36. The largest absolute Gasteiger partial charge is 0.460 e. The summed E-state index contributed by atoms with van der Waals surface area (Å²) in [5, 5.41) is 0. The summed E-state index contributed by atoms with van der Waals surface area (Å²) < 4.78 is 4.36. The third-order valence-corrected chi connectivity index (χ3v) is 2.31. The second kappa shape index (κ2) is 13.6. The van der Waals surface area contributed by atoms with E-state index in [1.54, 1.807) is 6.92 Å². The monoisotopic (exact) mass is 311 g/mol. The number of esters is 1. The lowest BCUT2D eigenvalue weighted by Crippen LogP contribution is -2.19. The van der Waals surface area contributed by atoms with Crippen LogP contribution in [0.15, 0.2) is 16.6 Å². The van der Waals surface area contributed by atoms with Crippen LogP contribution < -0.4 is 0 Å². The maximum atomic E-state index is 10.6. The topological polar surface area (TPSA) is 107 Å². The maximum Gasteiger partial charge on any atom is 0.375 e. The molecule has 0 bridgehead atoms. The number of nitrogens with zero attached hydrogens (tertiary/aromatic N) is 1. The first-order chi connectivity index (χ1) is 10.3. The summed E-state index contributed by atoms with van der Waals surface area (Å²) in [5.41, 5.74) is 2.64. The molecule has 0 radical (unpaired) electrons. The molecule has 1 aliphatic heterocycles. The summed E-state index contributed by atoms with van der Waals surface area (Å²) in [6.45, 7) is 8.16. The average Bonchev–Trinajstić information content (AvgIpc) is 2.86. The van der Waals surface area contributed by atoms with Crippen molar-refractivity contribution >= 4 is 29.4 Å². The number of allylic oxidation sites excluding steroid dienone is 1. The minimum atomic E-state index is -0.928. The molecule has 0 N–H and O–H groups in total. The number of ketones is 2. The lowest BCUT2D eigenvalue weighted by molar-refractivity contribution is -0.191. The molecule has 0 saturated heterocycles. The van der Waals surface area contributed by atoms with Gasteiger partial charge in [-0.3, -0.25) is 14.6 Å². The van der Waals surface area contributed by atoms with E-state index in [1.165, 1.54) is 18.2 Å². The Hall–Kier alpha value is -2.40. The lowest BCUT2D eigenvalue weighted by atomic mass is 10.2. The van der Waals surface area contributed by atoms with Crippen molar-refractivity contribution in [3.63, 3.8) is 0 Å². The van der Waals surface area contributed by atoms with Crippen LogP contribution in [0.2, 0.25) is 0 Å². The number of Topliss-reactive ketones (excluding diaryl/α,β-unsaturated/α-hetero) is 2. The quantitative estimate of drug-likeness (QED) is 0.430. The van der Waals surface area contributed by atoms with Gasteiger partial charge in [-0.2, -0.15) is 9.59 Å².